The Bertz CT molecular complexity index is 459. The molecule has 1 aromatic carbocycles. The highest BCUT2D eigenvalue weighted by Gasteiger charge is 2.28. The van der Waals surface area contributed by atoms with Gasteiger partial charge in [0.15, 0.2) is 0 Å². The Labute approximate surface area is 108 Å². The minimum atomic E-state index is -0.426. The maximum Gasteiger partial charge on any atom is 0.251 e. The van der Waals surface area contributed by atoms with Gasteiger partial charge in [-0.25, -0.2) is 0 Å². The van der Waals surface area contributed by atoms with Crippen molar-refractivity contribution in [2.75, 3.05) is 6.54 Å². The van der Waals surface area contributed by atoms with Gasteiger partial charge in [0, 0.05) is 12.1 Å². The molecule has 0 aliphatic carbocycles. The first-order valence-corrected chi connectivity index (χ1v) is 5.95. The highest BCUT2D eigenvalue weighted by atomic mass is 16.1. The number of benzene rings is 1. The number of amides is 1. The van der Waals surface area contributed by atoms with Crippen molar-refractivity contribution in [1.29, 1.82) is 5.26 Å². The molecule has 96 valence electrons. The number of nitrogens with zero attached hydrogens (tertiary/aromatic N) is 1. The maximum absolute atomic E-state index is 12.1. The molecule has 1 amide bonds. The normalized spacial score (nSPS) is 13.8. The first-order chi connectivity index (χ1) is 8.42. The van der Waals surface area contributed by atoms with Gasteiger partial charge in [-0.1, -0.05) is 13.8 Å². The fourth-order valence-electron chi connectivity index (χ4n) is 1.46. The van der Waals surface area contributed by atoms with Gasteiger partial charge in [-0.2, -0.15) is 5.26 Å². The molecule has 0 bridgehead atoms. The van der Waals surface area contributed by atoms with E-state index < -0.39 is 5.54 Å². The van der Waals surface area contributed by atoms with Crippen LogP contribution in [0, 0.1) is 17.2 Å². The summed E-state index contributed by atoms with van der Waals surface area (Å²) in [5.74, 6) is 0.0750. The minimum absolute atomic E-state index is 0.166. The second-order valence-electron chi connectivity index (χ2n) is 4.92. The molecule has 4 heteroatoms. The van der Waals surface area contributed by atoms with E-state index in [1.54, 1.807) is 24.3 Å². The lowest BCUT2D eigenvalue weighted by Crippen LogP contribution is -2.55. The molecule has 0 aromatic heterocycles. The van der Waals surface area contributed by atoms with E-state index in [0.717, 1.165) is 0 Å². The zero-order chi connectivity index (χ0) is 13.8. The molecule has 0 fully saturated rings. The SMILES string of the molecule is CC(C)C(C)(CN)NC(=O)c1ccc(C#N)cc1. The molecule has 0 heterocycles. The van der Waals surface area contributed by atoms with Crippen LogP contribution in [0.2, 0.25) is 0 Å². The Hall–Kier alpha value is -1.86. The highest BCUT2D eigenvalue weighted by Crippen LogP contribution is 2.16. The number of hydrogen-bond acceptors (Lipinski definition) is 3. The zero-order valence-corrected chi connectivity index (χ0v) is 11.0. The smallest absolute Gasteiger partial charge is 0.251 e. The standard InChI is InChI=1S/C14H19N3O/c1-10(2)14(3,9-16)17-13(18)12-6-4-11(8-15)5-7-12/h4-7,10H,9,16H2,1-3H3,(H,17,18). The molecular weight excluding hydrogens is 226 g/mol. The average molecular weight is 245 g/mol. The van der Waals surface area contributed by atoms with E-state index in [1.807, 2.05) is 26.8 Å². The largest absolute Gasteiger partial charge is 0.345 e. The third-order valence-corrected chi connectivity index (χ3v) is 3.37. The van der Waals surface area contributed by atoms with Crippen LogP contribution in [0.1, 0.15) is 36.7 Å². The van der Waals surface area contributed by atoms with Crippen molar-refractivity contribution in [1.82, 2.24) is 5.32 Å². The Morgan fingerprint density at radius 2 is 2.00 bits per heavy atom. The molecule has 1 unspecified atom stereocenters. The molecular formula is C14H19N3O. The van der Waals surface area contributed by atoms with Crippen LogP contribution in [-0.4, -0.2) is 18.0 Å². The lowest BCUT2D eigenvalue weighted by Gasteiger charge is -2.33. The molecule has 0 aliphatic rings. The second-order valence-corrected chi connectivity index (χ2v) is 4.92. The van der Waals surface area contributed by atoms with Crippen LogP contribution < -0.4 is 11.1 Å². The maximum atomic E-state index is 12.1. The zero-order valence-electron chi connectivity index (χ0n) is 11.0. The van der Waals surface area contributed by atoms with Crippen LogP contribution in [0.5, 0.6) is 0 Å². The van der Waals surface area contributed by atoms with Crippen LogP contribution >= 0.6 is 0 Å². The summed E-state index contributed by atoms with van der Waals surface area (Å²) in [6, 6.07) is 8.57. The first kappa shape index (κ1) is 14.2. The second kappa shape index (κ2) is 5.65. The molecule has 0 radical (unpaired) electrons. The van der Waals surface area contributed by atoms with Gasteiger partial charge >= 0.3 is 0 Å². The van der Waals surface area contributed by atoms with Crippen LogP contribution in [0.25, 0.3) is 0 Å². The van der Waals surface area contributed by atoms with Crippen molar-refractivity contribution in [2.45, 2.75) is 26.3 Å². The number of rotatable bonds is 4. The summed E-state index contributed by atoms with van der Waals surface area (Å²) in [6.07, 6.45) is 0. The van der Waals surface area contributed by atoms with Gasteiger partial charge in [0.1, 0.15) is 0 Å². The van der Waals surface area contributed by atoms with Gasteiger partial charge in [0.05, 0.1) is 17.2 Å². The lowest BCUT2D eigenvalue weighted by atomic mass is 9.88. The molecule has 1 aromatic rings. The van der Waals surface area contributed by atoms with Gasteiger partial charge in [-0.05, 0) is 37.1 Å². The van der Waals surface area contributed by atoms with Crippen molar-refractivity contribution in [3.05, 3.63) is 35.4 Å². The fourth-order valence-corrected chi connectivity index (χ4v) is 1.46. The Morgan fingerprint density at radius 3 is 2.39 bits per heavy atom. The molecule has 18 heavy (non-hydrogen) atoms. The third kappa shape index (κ3) is 3.08. The summed E-state index contributed by atoms with van der Waals surface area (Å²) < 4.78 is 0. The van der Waals surface area contributed by atoms with Gasteiger partial charge < -0.3 is 11.1 Å². The predicted octanol–water partition coefficient (Wildman–Crippen LogP) is 1.66. The fraction of sp³-hybridized carbons (Fsp3) is 0.429. The number of carbonyl (C=O) groups is 1. The molecule has 4 nitrogen and oxygen atoms in total. The van der Waals surface area contributed by atoms with Crippen molar-refractivity contribution in [3.63, 3.8) is 0 Å². The lowest BCUT2D eigenvalue weighted by molar-refractivity contribution is 0.0883. The highest BCUT2D eigenvalue weighted by molar-refractivity contribution is 5.94. The summed E-state index contributed by atoms with van der Waals surface area (Å²) in [7, 11) is 0. The summed E-state index contributed by atoms with van der Waals surface area (Å²) in [4.78, 5) is 12.1. The number of nitriles is 1. The molecule has 0 saturated heterocycles. The van der Waals surface area contributed by atoms with E-state index in [0.29, 0.717) is 17.7 Å². The summed E-state index contributed by atoms with van der Waals surface area (Å²) in [5, 5.41) is 11.6. The number of carbonyl (C=O) groups excluding carboxylic acids is 1. The Balaban J connectivity index is 2.85. The Morgan fingerprint density at radius 1 is 1.44 bits per heavy atom. The van der Waals surface area contributed by atoms with Crippen LogP contribution in [0.3, 0.4) is 0 Å². The minimum Gasteiger partial charge on any atom is -0.345 e. The van der Waals surface area contributed by atoms with Gasteiger partial charge in [0.25, 0.3) is 5.91 Å². The molecule has 0 saturated carbocycles. The molecule has 1 atom stereocenters. The molecule has 1 rings (SSSR count). The topological polar surface area (TPSA) is 78.9 Å². The predicted molar refractivity (Wildman–Crippen MR) is 70.9 cm³/mol. The van der Waals surface area contributed by atoms with E-state index in [9.17, 15) is 4.79 Å². The summed E-state index contributed by atoms with van der Waals surface area (Å²) >= 11 is 0. The van der Waals surface area contributed by atoms with Gasteiger partial charge in [0.2, 0.25) is 0 Å². The number of nitrogens with two attached hydrogens (primary N) is 1. The Kier molecular flexibility index (Phi) is 4.46. The number of nitrogens with one attached hydrogen (secondary N) is 1. The third-order valence-electron chi connectivity index (χ3n) is 3.37. The van der Waals surface area contributed by atoms with E-state index in [2.05, 4.69) is 5.32 Å². The monoisotopic (exact) mass is 245 g/mol. The van der Waals surface area contributed by atoms with Gasteiger partial charge in [-0.15, -0.1) is 0 Å². The van der Waals surface area contributed by atoms with E-state index in [1.165, 1.54) is 0 Å². The first-order valence-electron chi connectivity index (χ1n) is 5.95. The summed E-state index contributed by atoms with van der Waals surface area (Å²) in [5.41, 5.74) is 6.37. The van der Waals surface area contributed by atoms with Crippen molar-refractivity contribution < 1.29 is 4.79 Å². The molecule has 0 spiro atoms. The van der Waals surface area contributed by atoms with E-state index in [4.69, 9.17) is 11.0 Å². The van der Waals surface area contributed by atoms with E-state index in [-0.39, 0.29) is 11.8 Å². The van der Waals surface area contributed by atoms with Crippen LogP contribution in [0.4, 0.5) is 0 Å². The number of hydrogen-bond donors (Lipinski definition) is 2. The molecule has 3 N–H and O–H groups in total. The van der Waals surface area contributed by atoms with Crippen LogP contribution in [0.15, 0.2) is 24.3 Å². The van der Waals surface area contributed by atoms with Crippen molar-refractivity contribution >= 4 is 5.91 Å². The summed E-state index contributed by atoms with van der Waals surface area (Å²) in [6.45, 7) is 6.35. The van der Waals surface area contributed by atoms with Crippen LogP contribution in [-0.2, 0) is 0 Å². The molecule has 0 aliphatic heterocycles. The van der Waals surface area contributed by atoms with Gasteiger partial charge in [-0.3, -0.25) is 4.79 Å². The average Bonchev–Trinajstić information content (AvgIpc) is 2.38. The van der Waals surface area contributed by atoms with E-state index >= 15 is 0 Å². The quantitative estimate of drug-likeness (QED) is 0.846. The van der Waals surface area contributed by atoms with Crippen molar-refractivity contribution in [2.24, 2.45) is 11.7 Å². The van der Waals surface area contributed by atoms with Crippen molar-refractivity contribution in [3.8, 4) is 6.07 Å².